The Hall–Kier alpha value is -2.63. The molecule has 1 atom stereocenters. The lowest BCUT2D eigenvalue weighted by atomic mass is 9.98. The Bertz CT molecular complexity index is 842. The fourth-order valence-electron chi connectivity index (χ4n) is 3.81. The first kappa shape index (κ1) is 16.8. The minimum Gasteiger partial charge on any atom is -0.338 e. The van der Waals surface area contributed by atoms with E-state index in [0.29, 0.717) is 13.1 Å². The molecule has 1 aromatic heterocycles. The summed E-state index contributed by atoms with van der Waals surface area (Å²) in [6, 6.07) is 8.51. The van der Waals surface area contributed by atoms with Crippen molar-refractivity contribution in [3.63, 3.8) is 0 Å². The fourth-order valence-corrected chi connectivity index (χ4v) is 3.81. The van der Waals surface area contributed by atoms with Crippen LogP contribution in [0.3, 0.4) is 0 Å². The Morgan fingerprint density at radius 3 is 2.73 bits per heavy atom. The summed E-state index contributed by atoms with van der Waals surface area (Å²) in [6.07, 6.45) is 4.76. The van der Waals surface area contributed by atoms with Crippen molar-refractivity contribution in [2.24, 2.45) is 5.92 Å². The Morgan fingerprint density at radius 2 is 2.00 bits per heavy atom. The third-order valence-electron chi connectivity index (χ3n) is 5.35. The summed E-state index contributed by atoms with van der Waals surface area (Å²) in [4.78, 5) is 29.0. The monoisotopic (exact) mass is 352 g/mol. The number of carbonyl (C=O) groups excluding carboxylic acids is 2. The molecule has 1 saturated heterocycles. The molecule has 2 aliphatic rings. The highest BCUT2D eigenvalue weighted by Crippen LogP contribution is 2.28. The topological polar surface area (TPSA) is 58.4 Å². The van der Waals surface area contributed by atoms with Gasteiger partial charge in [0.25, 0.3) is 0 Å². The van der Waals surface area contributed by atoms with Crippen LogP contribution in [0.25, 0.3) is 0 Å². The van der Waals surface area contributed by atoms with Crippen molar-refractivity contribution in [3.8, 4) is 0 Å². The number of amides is 2. The largest absolute Gasteiger partial charge is 0.338 e. The number of fused-ring (bicyclic) bond motifs is 1. The molecule has 6 heteroatoms. The van der Waals surface area contributed by atoms with E-state index in [1.54, 1.807) is 11.1 Å². The summed E-state index contributed by atoms with van der Waals surface area (Å²) >= 11 is 0. The molecule has 0 spiro atoms. The van der Waals surface area contributed by atoms with E-state index in [1.165, 1.54) is 11.1 Å². The van der Waals surface area contributed by atoms with Crippen LogP contribution in [0.2, 0.25) is 0 Å². The summed E-state index contributed by atoms with van der Waals surface area (Å²) in [6.45, 7) is 5.91. The summed E-state index contributed by atoms with van der Waals surface area (Å²) in [5.41, 5.74) is 3.32. The van der Waals surface area contributed by atoms with E-state index < -0.39 is 0 Å². The van der Waals surface area contributed by atoms with Gasteiger partial charge in [0.2, 0.25) is 11.8 Å². The number of benzene rings is 1. The molecule has 26 heavy (non-hydrogen) atoms. The third-order valence-corrected chi connectivity index (χ3v) is 5.35. The summed E-state index contributed by atoms with van der Waals surface area (Å²) in [5, 5.41) is 4.31. The van der Waals surface area contributed by atoms with Crippen LogP contribution in [0.5, 0.6) is 0 Å². The second-order valence-corrected chi connectivity index (χ2v) is 7.46. The van der Waals surface area contributed by atoms with Crippen LogP contribution in [0.4, 0.5) is 5.69 Å². The molecular formula is C20H24N4O2. The first-order chi connectivity index (χ1) is 12.5. The zero-order chi connectivity index (χ0) is 18.3. The fraction of sp³-hybridized carbons (Fsp3) is 0.450. The lowest BCUT2D eigenvalue weighted by molar-refractivity contribution is -0.136. The first-order valence-corrected chi connectivity index (χ1v) is 9.23. The van der Waals surface area contributed by atoms with Crippen molar-refractivity contribution in [3.05, 3.63) is 47.8 Å². The molecule has 6 nitrogen and oxygen atoms in total. The summed E-state index contributed by atoms with van der Waals surface area (Å²) in [7, 11) is 0. The number of hydrogen-bond donors (Lipinski definition) is 0. The molecule has 1 fully saturated rings. The van der Waals surface area contributed by atoms with Crippen LogP contribution in [-0.4, -0.2) is 39.6 Å². The Labute approximate surface area is 153 Å². The average Bonchev–Trinajstić information content (AvgIpc) is 3.27. The van der Waals surface area contributed by atoms with Crippen molar-refractivity contribution in [1.82, 2.24) is 14.7 Å². The second-order valence-electron chi connectivity index (χ2n) is 7.46. The lowest BCUT2D eigenvalue weighted by Gasteiger charge is -2.30. The van der Waals surface area contributed by atoms with Gasteiger partial charge in [0.15, 0.2) is 0 Å². The maximum absolute atomic E-state index is 13.0. The van der Waals surface area contributed by atoms with Gasteiger partial charge in [-0.3, -0.25) is 14.3 Å². The van der Waals surface area contributed by atoms with Gasteiger partial charge < -0.3 is 9.80 Å². The van der Waals surface area contributed by atoms with Crippen LogP contribution < -0.4 is 4.90 Å². The van der Waals surface area contributed by atoms with E-state index in [-0.39, 0.29) is 30.2 Å². The number of aromatic nitrogens is 2. The SMILES string of the molecule is CC(C)n1cc(N2C[C@H](C(=O)N3CCc4ccccc4C3)CC2=O)cn1. The first-order valence-electron chi connectivity index (χ1n) is 9.23. The van der Waals surface area contributed by atoms with Gasteiger partial charge in [0.1, 0.15) is 0 Å². The standard InChI is InChI=1S/C20H24N4O2/c1-14(2)24-13-18(10-21-24)23-12-17(9-19(23)25)20(26)22-8-7-15-5-3-4-6-16(15)11-22/h3-6,10,13-14,17H,7-9,11-12H2,1-2H3/t17-/m1/s1. The molecule has 0 bridgehead atoms. The van der Waals surface area contributed by atoms with Gasteiger partial charge >= 0.3 is 0 Å². The van der Waals surface area contributed by atoms with Crippen LogP contribution in [0.1, 0.15) is 37.4 Å². The minimum atomic E-state index is -0.268. The van der Waals surface area contributed by atoms with Crippen LogP contribution in [-0.2, 0) is 22.6 Å². The van der Waals surface area contributed by atoms with Crippen LogP contribution in [0, 0.1) is 5.92 Å². The van der Waals surface area contributed by atoms with Gasteiger partial charge in [-0.1, -0.05) is 24.3 Å². The average molecular weight is 352 g/mol. The van der Waals surface area contributed by atoms with Crippen molar-refractivity contribution in [2.75, 3.05) is 18.0 Å². The van der Waals surface area contributed by atoms with Crippen molar-refractivity contribution < 1.29 is 9.59 Å². The van der Waals surface area contributed by atoms with Gasteiger partial charge in [-0.05, 0) is 31.4 Å². The normalized spacial score (nSPS) is 20.0. The number of carbonyl (C=O) groups is 2. The Morgan fingerprint density at radius 1 is 1.23 bits per heavy atom. The van der Waals surface area contributed by atoms with Crippen molar-refractivity contribution >= 4 is 17.5 Å². The molecule has 1 aromatic carbocycles. The molecule has 3 heterocycles. The predicted molar refractivity (Wildman–Crippen MR) is 98.6 cm³/mol. The van der Waals surface area contributed by atoms with E-state index >= 15 is 0 Å². The highest BCUT2D eigenvalue weighted by Gasteiger charge is 2.38. The number of anilines is 1. The van der Waals surface area contributed by atoms with Crippen LogP contribution >= 0.6 is 0 Å². The second kappa shape index (κ2) is 6.59. The molecule has 0 saturated carbocycles. The molecule has 2 amide bonds. The molecule has 2 aliphatic heterocycles. The van der Waals surface area contributed by atoms with Gasteiger partial charge in [0.05, 0.1) is 17.8 Å². The smallest absolute Gasteiger partial charge is 0.228 e. The number of rotatable bonds is 3. The van der Waals surface area contributed by atoms with Crippen molar-refractivity contribution in [2.45, 2.75) is 39.3 Å². The van der Waals surface area contributed by atoms with Crippen LogP contribution in [0.15, 0.2) is 36.7 Å². The molecule has 2 aromatic rings. The summed E-state index contributed by atoms with van der Waals surface area (Å²) < 4.78 is 1.83. The molecule has 4 rings (SSSR count). The highest BCUT2D eigenvalue weighted by molar-refractivity contribution is 6.00. The molecule has 136 valence electrons. The Balaban J connectivity index is 1.46. The quantitative estimate of drug-likeness (QED) is 0.852. The maximum Gasteiger partial charge on any atom is 0.228 e. The minimum absolute atomic E-state index is 0.00376. The number of nitrogens with zero attached hydrogens (tertiary/aromatic N) is 4. The predicted octanol–water partition coefficient (Wildman–Crippen LogP) is 2.40. The van der Waals surface area contributed by atoms with Gasteiger partial charge in [-0.25, -0.2) is 0 Å². The van der Waals surface area contributed by atoms with Gasteiger partial charge in [-0.2, -0.15) is 5.10 Å². The van der Waals surface area contributed by atoms with Gasteiger partial charge in [0, 0.05) is 38.3 Å². The zero-order valence-electron chi connectivity index (χ0n) is 15.3. The maximum atomic E-state index is 13.0. The molecule has 0 unspecified atom stereocenters. The van der Waals surface area contributed by atoms with E-state index in [4.69, 9.17) is 0 Å². The van der Waals surface area contributed by atoms with E-state index in [2.05, 4.69) is 17.2 Å². The van der Waals surface area contributed by atoms with E-state index in [9.17, 15) is 9.59 Å². The molecule has 0 aliphatic carbocycles. The van der Waals surface area contributed by atoms with Gasteiger partial charge in [-0.15, -0.1) is 0 Å². The molecule has 0 radical (unpaired) electrons. The molecular weight excluding hydrogens is 328 g/mol. The molecule has 0 N–H and O–H groups in total. The number of hydrogen-bond acceptors (Lipinski definition) is 3. The Kier molecular flexibility index (Phi) is 4.26. The van der Waals surface area contributed by atoms with Crippen molar-refractivity contribution in [1.29, 1.82) is 0 Å². The third kappa shape index (κ3) is 3.00. The zero-order valence-corrected chi connectivity index (χ0v) is 15.3. The lowest BCUT2D eigenvalue weighted by Crippen LogP contribution is -2.40. The van der Waals surface area contributed by atoms with E-state index in [0.717, 1.165) is 18.7 Å². The summed E-state index contributed by atoms with van der Waals surface area (Å²) in [5.74, 6) is -0.175. The highest BCUT2D eigenvalue weighted by atomic mass is 16.2. The van der Waals surface area contributed by atoms with E-state index in [1.807, 2.05) is 41.8 Å².